The van der Waals surface area contributed by atoms with Crippen molar-refractivity contribution in [1.82, 2.24) is 30.1 Å². The Hall–Kier alpha value is -4.55. The zero-order chi connectivity index (χ0) is 31.6. The highest BCUT2D eigenvalue weighted by molar-refractivity contribution is 6.32. The molecule has 3 aromatic rings. The Bertz CT molecular complexity index is 1800. The summed E-state index contributed by atoms with van der Waals surface area (Å²) in [5.41, 5.74) is -2.29. The van der Waals surface area contributed by atoms with Crippen LogP contribution in [0.25, 0.3) is 5.57 Å². The van der Waals surface area contributed by atoms with Crippen LogP contribution in [0.4, 0.5) is 4.39 Å². The lowest BCUT2D eigenvalue weighted by molar-refractivity contribution is -0.119. The molecule has 2 aliphatic rings. The average molecular weight is 623 g/mol. The number of amides is 2. The fraction of sp³-hybridized carbons (Fsp3) is 0.323. The van der Waals surface area contributed by atoms with E-state index in [-0.39, 0.29) is 34.7 Å². The van der Waals surface area contributed by atoms with E-state index in [1.54, 1.807) is 48.6 Å². The van der Waals surface area contributed by atoms with Crippen molar-refractivity contribution in [2.45, 2.75) is 37.1 Å². The van der Waals surface area contributed by atoms with Crippen LogP contribution in [0.15, 0.2) is 70.4 Å². The maximum Gasteiger partial charge on any atom is 0.330 e. The number of methoxy groups -OCH3 is 1. The summed E-state index contributed by atoms with van der Waals surface area (Å²) in [6.07, 6.45) is 5.07. The fourth-order valence-corrected chi connectivity index (χ4v) is 5.71. The molecule has 230 valence electrons. The van der Waals surface area contributed by atoms with Gasteiger partial charge in [0.05, 0.1) is 12.8 Å². The number of nitrogens with one attached hydrogen (secondary N) is 3. The van der Waals surface area contributed by atoms with Gasteiger partial charge < -0.3 is 25.3 Å². The van der Waals surface area contributed by atoms with E-state index in [2.05, 4.69) is 20.9 Å². The molecule has 0 spiro atoms. The molecule has 2 aromatic heterocycles. The summed E-state index contributed by atoms with van der Waals surface area (Å²) in [7, 11) is 4.10. The second-order valence-electron chi connectivity index (χ2n) is 10.7. The maximum atomic E-state index is 17.0. The van der Waals surface area contributed by atoms with Crippen LogP contribution in [0.3, 0.4) is 0 Å². The standard InChI is InChI=1S/C31H32ClFN6O5/c1-38-17-22(29(42)39(2)30(38)43)27(41)37-31(14-6-8-21(26(31)33)20-7-4-5-9-23(20)32)24-12-10-18(28(36-24)44-3)15-34-16-19-11-13-25(40)35-19/h4-10,12,14,17,19,26,34H,11,13,15-16H2,1-3H3,(H,35,40)(H,37,41)/t19?,26-,31?/m0/s1. The Balaban J connectivity index is 1.54. The Labute approximate surface area is 257 Å². The third-order valence-corrected chi connectivity index (χ3v) is 8.18. The summed E-state index contributed by atoms with van der Waals surface area (Å²) in [6.45, 7) is 0.905. The highest BCUT2D eigenvalue weighted by atomic mass is 35.5. The minimum Gasteiger partial charge on any atom is -0.481 e. The predicted molar refractivity (Wildman–Crippen MR) is 163 cm³/mol. The molecule has 1 aliphatic carbocycles. The van der Waals surface area contributed by atoms with Crippen molar-refractivity contribution >= 4 is 29.0 Å². The van der Waals surface area contributed by atoms with Crippen molar-refractivity contribution in [3.63, 3.8) is 0 Å². The van der Waals surface area contributed by atoms with Crippen molar-refractivity contribution in [2.75, 3.05) is 13.7 Å². The van der Waals surface area contributed by atoms with Gasteiger partial charge in [-0.2, -0.15) is 0 Å². The molecule has 13 heteroatoms. The first-order chi connectivity index (χ1) is 21.1. The highest BCUT2D eigenvalue weighted by Crippen LogP contribution is 2.42. The van der Waals surface area contributed by atoms with Crippen LogP contribution in [0.1, 0.15) is 40.0 Å². The van der Waals surface area contributed by atoms with Crippen LogP contribution < -0.4 is 31.9 Å². The number of rotatable bonds is 9. The first-order valence-corrected chi connectivity index (χ1v) is 14.4. The molecule has 1 fully saturated rings. The molecule has 1 aromatic carbocycles. The summed E-state index contributed by atoms with van der Waals surface area (Å²) >= 11 is 6.44. The third kappa shape index (κ3) is 5.82. The average Bonchev–Trinajstić information content (AvgIpc) is 3.44. The van der Waals surface area contributed by atoms with Crippen LogP contribution >= 0.6 is 11.6 Å². The van der Waals surface area contributed by atoms with E-state index in [9.17, 15) is 19.2 Å². The largest absolute Gasteiger partial charge is 0.481 e. The number of allylic oxidation sites excluding steroid dienone is 2. The number of ether oxygens (including phenoxy) is 1. The van der Waals surface area contributed by atoms with E-state index in [0.717, 1.165) is 21.8 Å². The molecule has 3 N–H and O–H groups in total. The second-order valence-corrected chi connectivity index (χ2v) is 11.2. The SMILES string of the molecule is COc1nc(C2(NC(=O)c3cn(C)c(=O)n(C)c3=O)C=CC=C(c3ccccc3Cl)[C@@H]2F)ccc1CNCC1CCC(=O)N1. The molecule has 3 atom stereocenters. The summed E-state index contributed by atoms with van der Waals surface area (Å²) in [5.74, 6) is -0.680. The molecule has 11 nitrogen and oxygen atoms in total. The number of carbonyl (C=O) groups is 2. The van der Waals surface area contributed by atoms with Crippen LogP contribution in [0, 0.1) is 0 Å². The van der Waals surface area contributed by atoms with Crippen LogP contribution in [0.2, 0.25) is 5.02 Å². The molecule has 44 heavy (non-hydrogen) atoms. The number of carbonyl (C=O) groups excluding carboxylic acids is 2. The first-order valence-electron chi connectivity index (χ1n) is 14.0. The van der Waals surface area contributed by atoms with Crippen molar-refractivity contribution < 1.29 is 18.7 Å². The minimum atomic E-state index is -1.90. The Morgan fingerprint density at radius 2 is 1.98 bits per heavy atom. The van der Waals surface area contributed by atoms with Crippen molar-refractivity contribution in [3.8, 4) is 5.88 Å². The van der Waals surface area contributed by atoms with Gasteiger partial charge >= 0.3 is 5.69 Å². The van der Waals surface area contributed by atoms with Gasteiger partial charge in [-0.05, 0) is 35.8 Å². The Morgan fingerprint density at radius 1 is 1.20 bits per heavy atom. The van der Waals surface area contributed by atoms with E-state index < -0.39 is 28.9 Å². The van der Waals surface area contributed by atoms with E-state index in [1.807, 2.05) is 0 Å². The molecule has 0 saturated carbocycles. The monoisotopic (exact) mass is 622 g/mol. The molecule has 0 bridgehead atoms. The lowest BCUT2D eigenvalue weighted by Gasteiger charge is -2.38. The van der Waals surface area contributed by atoms with Gasteiger partial charge in [-0.15, -0.1) is 0 Å². The number of nitrogens with zero attached hydrogens (tertiary/aromatic N) is 3. The molecule has 1 saturated heterocycles. The van der Waals surface area contributed by atoms with Crippen LogP contribution in [-0.2, 0) is 31.0 Å². The van der Waals surface area contributed by atoms with E-state index in [1.165, 1.54) is 27.3 Å². The molecule has 5 rings (SSSR count). The lowest BCUT2D eigenvalue weighted by Crippen LogP contribution is -2.54. The molecular weight excluding hydrogens is 591 g/mol. The number of benzene rings is 1. The van der Waals surface area contributed by atoms with Gasteiger partial charge in [-0.1, -0.05) is 48.0 Å². The Kier molecular flexibility index (Phi) is 8.84. The van der Waals surface area contributed by atoms with Gasteiger partial charge in [0.25, 0.3) is 11.5 Å². The number of hydrogen-bond donors (Lipinski definition) is 3. The van der Waals surface area contributed by atoms with E-state index >= 15 is 4.39 Å². The van der Waals surface area contributed by atoms with Crippen molar-refractivity contribution in [2.24, 2.45) is 14.1 Å². The van der Waals surface area contributed by atoms with Gasteiger partial charge in [0, 0.05) is 56.4 Å². The first kappa shape index (κ1) is 30.9. The predicted octanol–water partition coefficient (Wildman–Crippen LogP) is 2.13. The summed E-state index contributed by atoms with van der Waals surface area (Å²) < 4.78 is 24.5. The summed E-state index contributed by atoms with van der Waals surface area (Å²) in [6, 6.07) is 10.1. The minimum absolute atomic E-state index is 0.0230. The van der Waals surface area contributed by atoms with Crippen LogP contribution in [0.5, 0.6) is 5.88 Å². The number of halogens is 2. The molecule has 3 heterocycles. The summed E-state index contributed by atoms with van der Waals surface area (Å²) in [5, 5.41) is 9.22. The van der Waals surface area contributed by atoms with Gasteiger partial charge in [0.2, 0.25) is 11.8 Å². The fourth-order valence-electron chi connectivity index (χ4n) is 5.47. The number of hydrogen-bond acceptors (Lipinski definition) is 7. The third-order valence-electron chi connectivity index (χ3n) is 7.85. The van der Waals surface area contributed by atoms with Crippen LogP contribution in [-0.4, -0.2) is 51.8 Å². The highest BCUT2D eigenvalue weighted by Gasteiger charge is 2.46. The molecular formula is C31H32ClFN6O5. The van der Waals surface area contributed by atoms with Gasteiger partial charge in [-0.25, -0.2) is 14.2 Å². The zero-order valence-electron chi connectivity index (χ0n) is 24.4. The number of alkyl halides is 1. The second kappa shape index (κ2) is 12.6. The quantitative estimate of drug-likeness (QED) is 0.333. The topological polar surface area (TPSA) is 136 Å². The smallest absolute Gasteiger partial charge is 0.330 e. The molecule has 1 aliphatic heterocycles. The number of aryl methyl sites for hydroxylation is 1. The van der Waals surface area contributed by atoms with Crippen molar-refractivity contribution in [1.29, 1.82) is 0 Å². The van der Waals surface area contributed by atoms with E-state index in [4.69, 9.17) is 16.3 Å². The normalized spacial score (nSPS) is 21.1. The van der Waals surface area contributed by atoms with Crippen molar-refractivity contribution in [3.05, 3.63) is 109 Å². The van der Waals surface area contributed by atoms with Gasteiger partial charge in [0.1, 0.15) is 11.1 Å². The van der Waals surface area contributed by atoms with E-state index in [0.29, 0.717) is 35.7 Å². The number of aromatic nitrogens is 3. The number of pyridine rings is 1. The van der Waals surface area contributed by atoms with Gasteiger partial charge in [-0.3, -0.25) is 19.0 Å². The zero-order valence-corrected chi connectivity index (χ0v) is 25.2. The lowest BCUT2D eigenvalue weighted by atomic mass is 9.78. The maximum absolute atomic E-state index is 17.0. The Morgan fingerprint density at radius 3 is 2.68 bits per heavy atom. The summed E-state index contributed by atoms with van der Waals surface area (Å²) in [4.78, 5) is 55.0. The van der Waals surface area contributed by atoms with Gasteiger partial charge in [0.15, 0.2) is 6.17 Å². The molecule has 2 amide bonds. The molecule has 0 radical (unpaired) electrons. The molecule has 2 unspecified atom stereocenters.